The van der Waals surface area contributed by atoms with Crippen molar-refractivity contribution in [2.45, 2.75) is 51.9 Å². The molecule has 1 aliphatic rings. The van der Waals surface area contributed by atoms with E-state index in [1.165, 1.54) is 52.6 Å². The Hall–Kier alpha value is -2.87. The van der Waals surface area contributed by atoms with Crippen LogP contribution in [0.2, 0.25) is 0 Å². The molecule has 0 saturated carbocycles. The zero-order valence-electron chi connectivity index (χ0n) is 19.3. The summed E-state index contributed by atoms with van der Waals surface area (Å²) in [6, 6.07) is 21.6. The van der Waals surface area contributed by atoms with Gasteiger partial charge in [0, 0.05) is 17.7 Å². The van der Waals surface area contributed by atoms with Gasteiger partial charge in [-0.1, -0.05) is 62.6 Å². The molecule has 160 valence electrons. The summed E-state index contributed by atoms with van der Waals surface area (Å²) < 4.78 is 8.22. The van der Waals surface area contributed by atoms with Gasteiger partial charge >= 0.3 is 0 Å². The molecule has 0 aromatic heterocycles. The lowest BCUT2D eigenvalue weighted by Crippen LogP contribution is -2.26. The fraction of sp³-hybridized carbons (Fsp3) is 0.345. The molecule has 0 amide bonds. The SMILES string of the molecule is CCCCCCOc1ccc(C=CC2=[N+](C)c3ccc4ccccc4c3C2(C)C)cc1. The smallest absolute Gasteiger partial charge is 0.210 e. The standard InChI is InChI=1S/C29H34NO/c1-5-6-7-10-21-31-24-17-13-22(14-18-24)15-20-27-29(2,3)28-25-12-9-8-11-23(25)16-19-26(28)30(27)4/h8-9,11-20H,5-7,10,21H2,1-4H3/q+1. The lowest BCUT2D eigenvalue weighted by Gasteiger charge is -2.17. The molecule has 4 rings (SSSR count). The molecule has 3 aromatic rings. The summed E-state index contributed by atoms with van der Waals surface area (Å²) in [5.74, 6) is 0.957. The van der Waals surface area contributed by atoms with Crippen molar-refractivity contribution in [3.63, 3.8) is 0 Å². The second-order valence-corrected chi connectivity index (χ2v) is 9.06. The van der Waals surface area contributed by atoms with Crippen molar-refractivity contribution < 1.29 is 9.31 Å². The highest BCUT2D eigenvalue weighted by Gasteiger charge is 2.44. The number of ether oxygens (including phenoxy) is 1. The Morgan fingerprint density at radius 2 is 1.65 bits per heavy atom. The highest BCUT2D eigenvalue weighted by Crippen LogP contribution is 2.43. The van der Waals surface area contributed by atoms with Gasteiger partial charge in [0.1, 0.15) is 12.8 Å². The lowest BCUT2D eigenvalue weighted by atomic mass is 9.79. The van der Waals surface area contributed by atoms with Gasteiger partial charge in [-0.3, -0.25) is 0 Å². The maximum absolute atomic E-state index is 5.88. The number of allylic oxidation sites excluding steroid dienone is 1. The Kier molecular flexibility index (Phi) is 6.27. The Bertz CT molecular complexity index is 1120. The largest absolute Gasteiger partial charge is 0.494 e. The van der Waals surface area contributed by atoms with Crippen LogP contribution < -0.4 is 4.74 Å². The molecule has 2 heteroatoms. The summed E-state index contributed by atoms with van der Waals surface area (Å²) in [5.41, 5.74) is 5.17. The Morgan fingerprint density at radius 3 is 2.42 bits per heavy atom. The van der Waals surface area contributed by atoms with Crippen LogP contribution in [-0.2, 0) is 5.41 Å². The van der Waals surface area contributed by atoms with Crippen LogP contribution in [0.5, 0.6) is 5.75 Å². The van der Waals surface area contributed by atoms with E-state index in [-0.39, 0.29) is 5.41 Å². The van der Waals surface area contributed by atoms with Gasteiger partial charge in [-0.25, -0.2) is 0 Å². The van der Waals surface area contributed by atoms with Crippen LogP contribution in [-0.4, -0.2) is 23.9 Å². The highest BCUT2D eigenvalue weighted by atomic mass is 16.5. The van der Waals surface area contributed by atoms with E-state index < -0.39 is 0 Å². The molecule has 0 spiro atoms. The van der Waals surface area contributed by atoms with E-state index in [0.717, 1.165) is 18.8 Å². The van der Waals surface area contributed by atoms with Crippen molar-refractivity contribution in [3.8, 4) is 5.75 Å². The monoisotopic (exact) mass is 412 g/mol. The minimum Gasteiger partial charge on any atom is -0.494 e. The summed E-state index contributed by atoms with van der Waals surface area (Å²) in [6.07, 6.45) is 9.41. The normalized spacial score (nSPS) is 15.1. The van der Waals surface area contributed by atoms with Gasteiger partial charge in [-0.05, 0) is 60.9 Å². The van der Waals surface area contributed by atoms with Crippen molar-refractivity contribution in [1.29, 1.82) is 0 Å². The maximum Gasteiger partial charge on any atom is 0.210 e. The second kappa shape index (κ2) is 9.09. The molecule has 0 bridgehead atoms. The molecule has 0 saturated heterocycles. The van der Waals surface area contributed by atoms with E-state index in [0.29, 0.717) is 0 Å². The van der Waals surface area contributed by atoms with Crippen molar-refractivity contribution >= 4 is 28.2 Å². The third-order valence-electron chi connectivity index (χ3n) is 6.48. The molecule has 0 N–H and O–H groups in total. The summed E-state index contributed by atoms with van der Waals surface area (Å²) in [4.78, 5) is 0. The van der Waals surface area contributed by atoms with Gasteiger partial charge in [-0.2, -0.15) is 4.58 Å². The van der Waals surface area contributed by atoms with E-state index in [2.05, 4.69) is 105 Å². The first-order valence-electron chi connectivity index (χ1n) is 11.6. The number of hydrogen-bond donors (Lipinski definition) is 0. The van der Waals surface area contributed by atoms with Gasteiger partial charge in [0.25, 0.3) is 0 Å². The maximum atomic E-state index is 5.88. The van der Waals surface area contributed by atoms with E-state index in [1.807, 2.05) is 0 Å². The second-order valence-electron chi connectivity index (χ2n) is 9.06. The zero-order valence-corrected chi connectivity index (χ0v) is 19.3. The number of fused-ring (bicyclic) bond motifs is 3. The predicted molar refractivity (Wildman–Crippen MR) is 133 cm³/mol. The van der Waals surface area contributed by atoms with E-state index >= 15 is 0 Å². The third-order valence-corrected chi connectivity index (χ3v) is 6.48. The zero-order chi connectivity index (χ0) is 21.8. The molecule has 3 aromatic carbocycles. The van der Waals surface area contributed by atoms with Crippen LogP contribution in [0, 0.1) is 0 Å². The van der Waals surface area contributed by atoms with E-state index in [4.69, 9.17) is 4.74 Å². The average Bonchev–Trinajstić information content (AvgIpc) is 2.98. The van der Waals surface area contributed by atoms with Crippen molar-refractivity contribution in [2.75, 3.05) is 13.7 Å². The summed E-state index contributed by atoms with van der Waals surface area (Å²) in [6.45, 7) is 7.70. The number of hydrogen-bond acceptors (Lipinski definition) is 1. The van der Waals surface area contributed by atoms with Crippen LogP contribution in [0.1, 0.15) is 57.6 Å². The van der Waals surface area contributed by atoms with Gasteiger partial charge in [-0.15, -0.1) is 0 Å². The fourth-order valence-electron chi connectivity index (χ4n) is 4.76. The molecule has 1 heterocycles. The molecule has 0 fully saturated rings. The fourth-order valence-corrected chi connectivity index (χ4v) is 4.76. The van der Waals surface area contributed by atoms with Gasteiger partial charge in [0.2, 0.25) is 5.69 Å². The Labute approximate surface area is 186 Å². The van der Waals surface area contributed by atoms with Crippen molar-refractivity contribution in [1.82, 2.24) is 0 Å². The van der Waals surface area contributed by atoms with Crippen molar-refractivity contribution in [3.05, 3.63) is 77.9 Å². The van der Waals surface area contributed by atoms with E-state index in [1.54, 1.807) is 0 Å². The lowest BCUT2D eigenvalue weighted by molar-refractivity contribution is -0.401. The number of nitrogens with zero attached hydrogens (tertiary/aromatic N) is 1. The molecule has 2 nitrogen and oxygen atoms in total. The minimum atomic E-state index is -0.0526. The first-order valence-corrected chi connectivity index (χ1v) is 11.6. The topological polar surface area (TPSA) is 12.2 Å². The average molecular weight is 413 g/mol. The van der Waals surface area contributed by atoms with Crippen LogP contribution in [0.4, 0.5) is 5.69 Å². The van der Waals surface area contributed by atoms with Gasteiger partial charge < -0.3 is 4.74 Å². The highest BCUT2D eigenvalue weighted by molar-refractivity contribution is 6.09. The predicted octanol–water partition coefficient (Wildman–Crippen LogP) is 7.52. The van der Waals surface area contributed by atoms with Gasteiger partial charge in [0.15, 0.2) is 5.71 Å². The minimum absolute atomic E-state index is 0.0526. The molecular formula is C29H34NO+. The summed E-state index contributed by atoms with van der Waals surface area (Å²) in [7, 11) is 2.18. The first-order chi connectivity index (χ1) is 15.0. The Morgan fingerprint density at radius 1 is 0.871 bits per heavy atom. The molecule has 1 aliphatic heterocycles. The first kappa shape index (κ1) is 21.4. The molecule has 0 atom stereocenters. The molecule has 0 unspecified atom stereocenters. The Balaban J connectivity index is 1.51. The summed E-state index contributed by atoms with van der Waals surface area (Å²) >= 11 is 0. The van der Waals surface area contributed by atoms with E-state index in [9.17, 15) is 0 Å². The van der Waals surface area contributed by atoms with Crippen molar-refractivity contribution in [2.24, 2.45) is 0 Å². The quantitative estimate of drug-likeness (QED) is 0.275. The molecular weight excluding hydrogens is 378 g/mol. The molecule has 31 heavy (non-hydrogen) atoms. The van der Waals surface area contributed by atoms with Crippen LogP contribution in [0.3, 0.4) is 0 Å². The molecule has 0 aliphatic carbocycles. The van der Waals surface area contributed by atoms with Gasteiger partial charge in [0.05, 0.1) is 12.0 Å². The summed E-state index contributed by atoms with van der Waals surface area (Å²) in [5, 5.41) is 2.65. The van der Waals surface area contributed by atoms with Crippen LogP contribution in [0.25, 0.3) is 16.8 Å². The number of rotatable bonds is 8. The third kappa shape index (κ3) is 4.30. The molecule has 0 radical (unpaired) electrons. The van der Waals surface area contributed by atoms with Crippen LogP contribution >= 0.6 is 0 Å². The number of benzene rings is 3. The number of unbranched alkanes of at least 4 members (excludes halogenated alkanes) is 3. The van der Waals surface area contributed by atoms with Crippen LogP contribution in [0.15, 0.2) is 66.7 Å².